The van der Waals surface area contributed by atoms with Crippen molar-refractivity contribution in [2.45, 2.75) is 38.4 Å². The van der Waals surface area contributed by atoms with Crippen LogP contribution in [0.25, 0.3) is 11.1 Å². The molecule has 3 aromatic carbocycles. The van der Waals surface area contributed by atoms with Gasteiger partial charge >= 0.3 is 5.97 Å². The number of aliphatic hydroxyl groups is 1. The number of rotatable bonds is 12. The van der Waals surface area contributed by atoms with E-state index in [2.05, 4.69) is 11.4 Å². The standard InChI is InChI=1S/C29H33NO6/c1-2-14-34-28-16-21(9-12-26(28)29(32)33)20-10-13-27-22(15-20)8-11-25(36-27)18-30-17-23(31)19-35-24-6-4-3-5-7-24/h3-7,9-10,12-13,15-16,23,25,30-31H,2,8,11,14,17-19H2,1H3,(H,32,33)/t23-,25+/m0/s1. The largest absolute Gasteiger partial charge is 0.493 e. The summed E-state index contributed by atoms with van der Waals surface area (Å²) in [5.41, 5.74) is 3.19. The number of aryl methyl sites for hydroxylation is 1. The average molecular weight is 492 g/mol. The van der Waals surface area contributed by atoms with Gasteiger partial charge in [0.2, 0.25) is 0 Å². The predicted octanol–water partition coefficient (Wildman–Crippen LogP) is 4.56. The number of carboxylic acids is 1. The molecule has 0 bridgehead atoms. The van der Waals surface area contributed by atoms with E-state index in [0.717, 1.165) is 47.5 Å². The molecule has 7 nitrogen and oxygen atoms in total. The molecule has 1 heterocycles. The highest BCUT2D eigenvalue weighted by molar-refractivity contribution is 5.92. The fourth-order valence-electron chi connectivity index (χ4n) is 4.16. The molecule has 0 radical (unpaired) electrons. The number of carbonyl (C=O) groups is 1. The van der Waals surface area contributed by atoms with Crippen LogP contribution in [0.4, 0.5) is 0 Å². The Labute approximate surface area is 211 Å². The predicted molar refractivity (Wildman–Crippen MR) is 138 cm³/mol. The van der Waals surface area contributed by atoms with Crippen molar-refractivity contribution in [2.75, 3.05) is 26.3 Å². The number of aliphatic hydroxyl groups excluding tert-OH is 1. The number of hydrogen-bond donors (Lipinski definition) is 3. The normalized spacial score (nSPS) is 15.4. The zero-order chi connectivity index (χ0) is 25.3. The first-order valence-electron chi connectivity index (χ1n) is 12.4. The van der Waals surface area contributed by atoms with E-state index in [0.29, 0.717) is 25.4 Å². The van der Waals surface area contributed by atoms with Gasteiger partial charge in [0.1, 0.15) is 41.6 Å². The van der Waals surface area contributed by atoms with E-state index < -0.39 is 12.1 Å². The van der Waals surface area contributed by atoms with Gasteiger partial charge in [-0.15, -0.1) is 0 Å². The highest BCUT2D eigenvalue weighted by Crippen LogP contribution is 2.34. The summed E-state index contributed by atoms with van der Waals surface area (Å²) in [6.45, 7) is 3.74. The maximum atomic E-state index is 11.5. The fourth-order valence-corrected chi connectivity index (χ4v) is 4.16. The molecule has 0 fully saturated rings. The van der Waals surface area contributed by atoms with Crippen molar-refractivity contribution >= 4 is 5.97 Å². The molecule has 2 atom stereocenters. The van der Waals surface area contributed by atoms with Crippen LogP contribution in [0.3, 0.4) is 0 Å². The van der Waals surface area contributed by atoms with Crippen LogP contribution in [0, 0.1) is 0 Å². The molecule has 36 heavy (non-hydrogen) atoms. The molecule has 190 valence electrons. The van der Waals surface area contributed by atoms with E-state index in [1.165, 1.54) is 0 Å². The zero-order valence-corrected chi connectivity index (χ0v) is 20.5. The molecule has 0 unspecified atom stereocenters. The first kappa shape index (κ1) is 25.5. The van der Waals surface area contributed by atoms with Gasteiger partial charge in [-0.05, 0) is 72.4 Å². The molecule has 0 aliphatic carbocycles. The van der Waals surface area contributed by atoms with Gasteiger partial charge in [-0.3, -0.25) is 0 Å². The van der Waals surface area contributed by atoms with Crippen molar-refractivity contribution in [1.82, 2.24) is 5.32 Å². The van der Waals surface area contributed by atoms with E-state index in [1.807, 2.05) is 55.5 Å². The average Bonchev–Trinajstić information content (AvgIpc) is 2.90. The third-order valence-corrected chi connectivity index (χ3v) is 6.03. The maximum Gasteiger partial charge on any atom is 0.339 e. The van der Waals surface area contributed by atoms with E-state index >= 15 is 0 Å². The second-order valence-corrected chi connectivity index (χ2v) is 8.90. The Hall–Kier alpha value is -3.55. The van der Waals surface area contributed by atoms with Crippen molar-refractivity contribution in [3.05, 3.63) is 77.9 Å². The minimum Gasteiger partial charge on any atom is -0.493 e. The summed E-state index contributed by atoms with van der Waals surface area (Å²) < 4.78 is 17.5. The Balaban J connectivity index is 1.31. The smallest absolute Gasteiger partial charge is 0.339 e. The lowest BCUT2D eigenvalue weighted by atomic mass is 9.96. The summed E-state index contributed by atoms with van der Waals surface area (Å²) in [5.74, 6) is 0.987. The van der Waals surface area contributed by atoms with E-state index in [4.69, 9.17) is 14.2 Å². The molecule has 4 rings (SSSR count). The molecule has 0 saturated carbocycles. The fraction of sp³-hybridized carbons (Fsp3) is 0.345. The molecule has 7 heteroatoms. The number of fused-ring (bicyclic) bond motifs is 1. The molecule has 1 aliphatic rings. The number of para-hydroxylation sites is 1. The topological polar surface area (TPSA) is 97.3 Å². The Kier molecular flexibility index (Phi) is 8.81. The molecule has 0 spiro atoms. The lowest BCUT2D eigenvalue weighted by Crippen LogP contribution is -2.39. The monoisotopic (exact) mass is 491 g/mol. The minimum atomic E-state index is -0.998. The molecule has 3 aromatic rings. The van der Waals surface area contributed by atoms with Crippen LogP contribution in [0.2, 0.25) is 0 Å². The number of nitrogens with one attached hydrogen (secondary N) is 1. The highest BCUT2D eigenvalue weighted by atomic mass is 16.5. The third kappa shape index (κ3) is 6.77. The van der Waals surface area contributed by atoms with Crippen LogP contribution in [-0.4, -0.2) is 54.7 Å². The van der Waals surface area contributed by atoms with Crippen LogP contribution >= 0.6 is 0 Å². The van der Waals surface area contributed by atoms with Crippen LogP contribution in [0.5, 0.6) is 17.2 Å². The van der Waals surface area contributed by atoms with Gasteiger partial charge < -0.3 is 29.7 Å². The molecule has 3 N–H and O–H groups in total. The molecule has 0 saturated heterocycles. The SMILES string of the molecule is CCCOc1cc(-c2ccc3c(c2)CC[C@H](CNC[C@H](O)COc2ccccc2)O3)ccc1C(=O)O. The molecule has 0 aromatic heterocycles. The van der Waals surface area contributed by atoms with Crippen molar-refractivity contribution < 1.29 is 29.2 Å². The summed E-state index contributed by atoms with van der Waals surface area (Å²) in [4.78, 5) is 11.5. The first-order chi connectivity index (χ1) is 17.5. The number of hydrogen-bond acceptors (Lipinski definition) is 6. The summed E-state index contributed by atoms with van der Waals surface area (Å²) in [7, 11) is 0. The molecular formula is C29H33NO6. The highest BCUT2D eigenvalue weighted by Gasteiger charge is 2.21. The minimum absolute atomic E-state index is 0.0227. The van der Waals surface area contributed by atoms with E-state index in [1.54, 1.807) is 12.1 Å². The van der Waals surface area contributed by atoms with Gasteiger partial charge in [0, 0.05) is 13.1 Å². The number of benzene rings is 3. The van der Waals surface area contributed by atoms with Gasteiger partial charge in [-0.1, -0.05) is 37.3 Å². The zero-order valence-electron chi connectivity index (χ0n) is 20.5. The van der Waals surface area contributed by atoms with Crippen molar-refractivity contribution in [3.8, 4) is 28.4 Å². The quantitative estimate of drug-likeness (QED) is 0.342. The lowest BCUT2D eigenvalue weighted by Gasteiger charge is -2.27. The second-order valence-electron chi connectivity index (χ2n) is 8.90. The maximum absolute atomic E-state index is 11.5. The van der Waals surface area contributed by atoms with Crippen LogP contribution in [0.15, 0.2) is 66.7 Å². The van der Waals surface area contributed by atoms with Gasteiger partial charge in [0.05, 0.1) is 6.61 Å². The summed E-state index contributed by atoms with van der Waals surface area (Å²) in [5, 5.41) is 22.9. The number of carboxylic acid groups (broad SMARTS) is 1. The van der Waals surface area contributed by atoms with Crippen molar-refractivity contribution in [2.24, 2.45) is 0 Å². The van der Waals surface area contributed by atoms with E-state index in [9.17, 15) is 15.0 Å². The number of ether oxygens (including phenoxy) is 3. The Morgan fingerprint density at radius 3 is 2.64 bits per heavy atom. The first-order valence-corrected chi connectivity index (χ1v) is 12.4. The van der Waals surface area contributed by atoms with Crippen molar-refractivity contribution in [3.63, 3.8) is 0 Å². The molecular weight excluding hydrogens is 458 g/mol. The Bertz CT molecular complexity index is 1150. The van der Waals surface area contributed by atoms with Crippen LogP contribution in [-0.2, 0) is 6.42 Å². The van der Waals surface area contributed by atoms with Gasteiger partial charge in [-0.25, -0.2) is 4.79 Å². The van der Waals surface area contributed by atoms with Crippen LogP contribution in [0.1, 0.15) is 35.7 Å². The van der Waals surface area contributed by atoms with Gasteiger partial charge in [-0.2, -0.15) is 0 Å². The summed E-state index contributed by atoms with van der Waals surface area (Å²) in [6, 6.07) is 20.7. The molecule has 1 aliphatic heterocycles. The Morgan fingerprint density at radius 2 is 1.86 bits per heavy atom. The molecule has 0 amide bonds. The van der Waals surface area contributed by atoms with Crippen LogP contribution < -0.4 is 19.5 Å². The summed E-state index contributed by atoms with van der Waals surface area (Å²) in [6.07, 6.45) is 1.96. The Morgan fingerprint density at radius 1 is 1.08 bits per heavy atom. The van der Waals surface area contributed by atoms with Gasteiger partial charge in [0.25, 0.3) is 0 Å². The third-order valence-electron chi connectivity index (χ3n) is 6.03. The van der Waals surface area contributed by atoms with E-state index in [-0.39, 0.29) is 18.3 Å². The lowest BCUT2D eigenvalue weighted by molar-refractivity contribution is 0.0692. The summed E-state index contributed by atoms with van der Waals surface area (Å²) >= 11 is 0. The number of aromatic carboxylic acids is 1. The second kappa shape index (κ2) is 12.4. The van der Waals surface area contributed by atoms with Crippen molar-refractivity contribution in [1.29, 1.82) is 0 Å². The van der Waals surface area contributed by atoms with Gasteiger partial charge in [0.15, 0.2) is 0 Å².